The summed E-state index contributed by atoms with van der Waals surface area (Å²) in [7, 11) is 0. The Bertz CT molecular complexity index is 410. The van der Waals surface area contributed by atoms with E-state index in [4.69, 9.17) is 29.8 Å². The largest absolute Gasteiger partial charge is 0.394 e. The third-order valence-electron chi connectivity index (χ3n) is 3.26. The molecule has 0 aromatic rings. The van der Waals surface area contributed by atoms with Crippen molar-refractivity contribution in [2.75, 3.05) is 46.2 Å². The van der Waals surface area contributed by atoms with E-state index in [2.05, 4.69) is 5.32 Å². The lowest BCUT2D eigenvalue weighted by atomic mass is 10.0. The summed E-state index contributed by atoms with van der Waals surface area (Å²) in [6, 6.07) is 0. The standard InChI is InChI=1S/C14H26N2O9/c15-11(19)7-22-3-4-23-8-12(20)16-1-2-24-14-13(21)10(18)5-9(6-17)25-14/h9-10,13-14,17-18,21H,1-8H2,(H2,15,19)(H,16,20). The Hall–Kier alpha value is -1.34. The SMILES string of the molecule is NC(=O)COCCOCC(=O)NCCOC1OC(CO)CC(O)C1O. The number of amides is 2. The molecule has 0 saturated carbocycles. The molecule has 0 aliphatic carbocycles. The lowest BCUT2D eigenvalue weighted by Gasteiger charge is -2.36. The molecule has 11 heteroatoms. The summed E-state index contributed by atoms with van der Waals surface area (Å²) >= 11 is 0. The van der Waals surface area contributed by atoms with Crippen LogP contribution >= 0.6 is 0 Å². The van der Waals surface area contributed by atoms with Gasteiger partial charge >= 0.3 is 0 Å². The highest BCUT2D eigenvalue weighted by molar-refractivity contribution is 5.77. The fraction of sp³-hybridized carbons (Fsp3) is 0.857. The summed E-state index contributed by atoms with van der Waals surface area (Å²) in [5.74, 6) is -0.959. The Morgan fingerprint density at radius 2 is 1.84 bits per heavy atom. The Morgan fingerprint density at radius 3 is 2.48 bits per heavy atom. The fourth-order valence-electron chi connectivity index (χ4n) is 2.04. The number of aliphatic hydroxyl groups excluding tert-OH is 3. The molecule has 1 heterocycles. The van der Waals surface area contributed by atoms with Crippen LogP contribution in [0.3, 0.4) is 0 Å². The topological polar surface area (TPSA) is 170 Å². The number of nitrogens with two attached hydrogens (primary N) is 1. The smallest absolute Gasteiger partial charge is 0.246 e. The number of carbonyl (C=O) groups excluding carboxylic acids is 2. The monoisotopic (exact) mass is 366 g/mol. The van der Waals surface area contributed by atoms with Crippen molar-refractivity contribution < 1.29 is 43.9 Å². The maximum atomic E-state index is 11.5. The van der Waals surface area contributed by atoms with Gasteiger partial charge in [0.25, 0.3) is 0 Å². The molecule has 4 unspecified atom stereocenters. The van der Waals surface area contributed by atoms with Crippen molar-refractivity contribution in [2.24, 2.45) is 5.73 Å². The fourth-order valence-corrected chi connectivity index (χ4v) is 2.04. The van der Waals surface area contributed by atoms with Gasteiger partial charge in [-0.15, -0.1) is 0 Å². The second kappa shape index (κ2) is 12.1. The summed E-state index contributed by atoms with van der Waals surface area (Å²) < 4.78 is 20.4. The molecule has 1 aliphatic heterocycles. The number of ether oxygens (including phenoxy) is 4. The first-order valence-electron chi connectivity index (χ1n) is 7.88. The predicted octanol–water partition coefficient (Wildman–Crippen LogP) is -3.53. The van der Waals surface area contributed by atoms with Crippen LogP contribution in [0.15, 0.2) is 0 Å². The van der Waals surface area contributed by atoms with Crippen LogP contribution in [-0.2, 0) is 28.5 Å². The highest BCUT2D eigenvalue weighted by atomic mass is 16.7. The van der Waals surface area contributed by atoms with Gasteiger partial charge in [0, 0.05) is 13.0 Å². The number of hydrogen-bond donors (Lipinski definition) is 5. The molecule has 25 heavy (non-hydrogen) atoms. The van der Waals surface area contributed by atoms with Gasteiger partial charge in [-0.25, -0.2) is 0 Å². The molecule has 1 fully saturated rings. The molecule has 146 valence electrons. The summed E-state index contributed by atoms with van der Waals surface area (Å²) in [6.07, 6.45) is -3.83. The maximum absolute atomic E-state index is 11.5. The van der Waals surface area contributed by atoms with Crippen molar-refractivity contribution >= 4 is 11.8 Å². The molecule has 11 nitrogen and oxygen atoms in total. The van der Waals surface area contributed by atoms with Crippen LogP contribution < -0.4 is 11.1 Å². The van der Waals surface area contributed by atoms with Crippen LogP contribution in [0.5, 0.6) is 0 Å². The van der Waals surface area contributed by atoms with E-state index in [1.165, 1.54) is 0 Å². The highest BCUT2D eigenvalue weighted by Crippen LogP contribution is 2.20. The van der Waals surface area contributed by atoms with E-state index >= 15 is 0 Å². The average Bonchev–Trinajstić information content (AvgIpc) is 2.57. The Labute approximate surface area is 145 Å². The van der Waals surface area contributed by atoms with E-state index in [1.54, 1.807) is 0 Å². The molecule has 1 rings (SSSR count). The van der Waals surface area contributed by atoms with Gasteiger partial charge in [0.2, 0.25) is 11.8 Å². The van der Waals surface area contributed by atoms with Crippen LogP contribution in [0.25, 0.3) is 0 Å². The molecule has 0 spiro atoms. The third-order valence-corrected chi connectivity index (χ3v) is 3.26. The lowest BCUT2D eigenvalue weighted by molar-refractivity contribution is -0.270. The zero-order valence-corrected chi connectivity index (χ0v) is 13.8. The molecule has 6 N–H and O–H groups in total. The second-order valence-electron chi connectivity index (χ2n) is 5.39. The second-order valence-corrected chi connectivity index (χ2v) is 5.39. The lowest BCUT2D eigenvalue weighted by Crippen LogP contribution is -2.50. The van der Waals surface area contributed by atoms with Crippen LogP contribution in [0, 0.1) is 0 Å². The quantitative estimate of drug-likeness (QED) is 0.220. The number of rotatable bonds is 12. The van der Waals surface area contributed by atoms with Crippen molar-refractivity contribution in [2.45, 2.75) is 31.0 Å². The molecular weight excluding hydrogens is 340 g/mol. The van der Waals surface area contributed by atoms with Gasteiger partial charge in [-0.2, -0.15) is 0 Å². The minimum Gasteiger partial charge on any atom is -0.394 e. The predicted molar refractivity (Wildman–Crippen MR) is 82.2 cm³/mol. The Balaban J connectivity index is 2.06. The van der Waals surface area contributed by atoms with Crippen molar-refractivity contribution in [3.8, 4) is 0 Å². The van der Waals surface area contributed by atoms with Gasteiger partial charge in [-0.05, 0) is 0 Å². The van der Waals surface area contributed by atoms with Crippen molar-refractivity contribution in [3.05, 3.63) is 0 Å². The summed E-state index contributed by atoms with van der Waals surface area (Å²) in [4.78, 5) is 21.9. The van der Waals surface area contributed by atoms with Gasteiger partial charge in [0.15, 0.2) is 6.29 Å². The molecular formula is C14H26N2O9. The Kier molecular flexibility index (Phi) is 10.5. The first-order chi connectivity index (χ1) is 11.9. The van der Waals surface area contributed by atoms with E-state index in [9.17, 15) is 19.8 Å². The minimum absolute atomic E-state index is 0.0417. The number of carbonyl (C=O) groups is 2. The van der Waals surface area contributed by atoms with Gasteiger partial charge in [0.05, 0.1) is 38.6 Å². The van der Waals surface area contributed by atoms with E-state index in [0.717, 1.165) is 0 Å². The Morgan fingerprint density at radius 1 is 1.16 bits per heavy atom. The van der Waals surface area contributed by atoms with Crippen molar-refractivity contribution in [1.29, 1.82) is 0 Å². The molecule has 0 aromatic carbocycles. The van der Waals surface area contributed by atoms with Gasteiger partial charge in [-0.1, -0.05) is 0 Å². The molecule has 4 atom stereocenters. The molecule has 0 aromatic heterocycles. The molecule has 0 radical (unpaired) electrons. The third kappa shape index (κ3) is 9.07. The zero-order chi connectivity index (χ0) is 18.7. The maximum Gasteiger partial charge on any atom is 0.246 e. The summed E-state index contributed by atoms with van der Waals surface area (Å²) in [5, 5.41) is 31.0. The number of primary amides is 1. The normalized spacial score (nSPS) is 26.4. The zero-order valence-electron chi connectivity index (χ0n) is 13.8. The van der Waals surface area contributed by atoms with Crippen LogP contribution in [0.1, 0.15) is 6.42 Å². The average molecular weight is 366 g/mol. The first kappa shape index (κ1) is 21.7. The summed E-state index contributed by atoms with van der Waals surface area (Å²) in [6.45, 7) is -0.209. The van der Waals surface area contributed by atoms with Crippen LogP contribution in [0.4, 0.5) is 0 Å². The molecule has 0 bridgehead atoms. The number of hydrogen-bond acceptors (Lipinski definition) is 9. The summed E-state index contributed by atoms with van der Waals surface area (Å²) in [5.41, 5.74) is 4.88. The van der Waals surface area contributed by atoms with Gasteiger partial charge < -0.3 is 45.3 Å². The van der Waals surface area contributed by atoms with E-state index in [-0.39, 0.29) is 58.5 Å². The van der Waals surface area contributed by atoms with Crippen molar-refractivity contribution in [1.82, 2.24) is 5.32 Å². The first-order valence-corrected chi connectivity index (χ1v) is 7.88. The number of nitrogens with one attached hydrogen (secondary N) is 1. The van der Waals surface area contributed by atoms with Gasteiger partial charge in [0.1, 0.15) is 19.3 Å². The minimum atomic E-state index is -1.22. The van der Waals surface area contributed by atoms with E-state index in [0.29, 0.717) is 0 Å². The van der Waals surface area contributed by atoms with E-state index < -0.39 is 30.5 Å². The molecule has 2 amide bonds. The van der Waals surface area contributed by atoms with E-state index in [1.807, 2.05) is 0 Å². The van der Waals surface area contributed by atoms with Crippen LogP contribution in [0.2, 0.25) is 0 Å². The van der Waals surface area contributed by atoms with Gasteiger partial charge in [-0.3, -0.25) is 9.59 Å². The molecule has 1 saturated heterocycles. The number of aliphatic hydroxyl groups is 3. The van der Waals surface area contributed by atoms with Crippen LogP contribution in [-0.4, -0.2) is 97.9 Å². The van der Waals surface area contributed by atoms with Crippen molar-refractivity contribution in [3.63, 3.8) is 0 Å². The molecule has 1 aliphatic rings. The highest BCUT2D eigenvalue weighted by Gasteiger charge is 2.37.